The van der Waals surface area contributed by atoms with E-state index in [-0.39, 0.29) is 11.8 Å². The van der Waals surface area contributed by atoms with Crippen LogP contribution in [0.25, 0.3) is 0 Å². The van der Waals surface area contributed by atoms with Gasteiger partial charge in [-0.3, -0.25) is 9.59 Å². The number of fused-ring (bicyclic) bond motifs is 1. The van der Waals surface area contributed by atoms with Crippen LogP contribution >= 0.6 is 0 Å². The van der Waals surface area contributed by atoms with Crippen molar-refractivity contribution >= 4 is 17.5 Å². The molecule has 0 unspecified atom stereocenters. The van der Waals surface area contributed by atoms with Gasteiger partial charge in [0.25, 0.3) is 5.91 Å². The Morgan fingerprint density at radius 3 is 2.50 bits per heavy atom. The topological polar surface area (TPSA) is 61.9 Å². The van der Waals surface area contributed by atoms with Gasteiger partial charge in [0.1, 0.15) is 5.75 Å². The summed E-state index contributed by atoms with van der Waals surface area (Å²) in [7, 11) is 3.39. The molecule has 6 heteroatoms. The third-order valence-electron chi connectivity index (χ3n) is 6.97. The van der Waals surface area contributed by atoms with Gasteiger partial charge in [-0.15, -0.1) is 0 Å². The molecule has 2 atom stereocenters. The molecule has 2 amide bonds. The van der Waals surface area contributed by atoms with Gasteiger partial charge in [-0.2, -0.15) is 0 Å². The fourth-order valence-electron chi connectivity index (χ4n) is 5.06. The van der Waals surface area contributed by atoms with Crippen molar-refractivity contribution in [1.82, 2.24) is 10.2 Å². The quantitative estimate of drug-likeness (QED) is 0.436. The zero-order valence-corrected chi connectivity index (χ0v) is 21.5. The first-order valence-electron chi connectivity index (χ1n) is 12.5. The number of nitrogens with one attached hydrogen (secondary N) is 1. The molecule has 3 aromatic rings. The van der Waals surface area contributed by atoms with E-state index in [9.17, 15) is 9.59 Å². The Morgan fingerprint density at radius 2 is 1.81 bits per heavy atom. The highest BCUT2D eigenvalue weighted by molar-refractivity contribution is 6.01. The van der Waals surface area contributed by atoms with E-state index in [0.717, 1.165) is 36.4 Å². The Bertz CT molecular complexity index is 1210. The van der Waals surface area contributed by atoms with Crippen LogP contribution in [0.3, 0.4) is 0 Å². The normalized spacial score (nSPS) is 16.9. The Hall–Kier alpha value is -3.80. The van der Waals surface area contributed by atoms with Crippen molar-refractivity contribution in [1.29, 1.82) is 0 Å². The number of anilines is 1. The minimum atomic E-state index is -0.503. The number of carbonyl (C=O) groups excluding carboxylic acids is 2. The number of hydrogen-bond acceptors (Lipinski definition) is 4. The fourth-order valence-corrected chi connectivity index (χ4v) is 5.06. The van der Waals surface area contributed by atoms with E-state index in [1.165, 1.54) is 11.3 Å². The number of nitrogens with zero attached hydrogens (tertiary/aromatic N) is 2. The number of carbonyl (C=O) groups is 2. The van der Waals surface area contributed by atoms with Crippen molar-refractivity contribution in [2.45, 2.75) is 32.2 Å². The van der Waals surface area contributed by atoms with Gasteiger partial charge < -0.3 is 19.9 Å². The highest BCUT2D eigenvalue weighted by atomic mass is 16.5. The Balaban J connectivity index is 1.52. The van der Waals surface area contributed by atoms with Crippen LogP contribution in [0.5, 0.6) is 5.75 Å². The molecule has 36 heavy (non-hydrogen) atoms. The molecular weight excluding hydrogens is 450 g/mol. The Morgan fingerprint density at radius 1 is 1.06 bits per heavy atom. The summed E-state index contributed by atoms with van der Waals surface area (Å²) in [6.07, 6.45) is 0.823. The molecule has 0 aliphatic carbocycles. The molecule has 3 aromatic carbocycles. The summed E-state index contributed by atoms with van der Waals surface area (Å²) in [6.45, 7) is 6.56. The lowest BCUT2D eigenvalue weighted by Gasteiger charge is -2.39. The highest BCUT2D eigenvalue weighted by Gasteiger charge is 2.42. The highest BCUT2D eigenvalue weighted by Crippen LogP contribution is 2.42. The second-order valence-corrected chi connectivity index (χ2v) is 9.26. The van der Waals surface area contributed by atoms with E-state index in [2.05, 4.69) is 48.3 Å². The maximum Gasteiger partial charge on any atom is 0.254 e. The summed E-state index contributed by atoms with van der Waals surface area (Å²) in [5.74, 6) is 0.0869. The van der Waals surface area contributed by atoms with E-state index in [4.69, 9.17) is 4.74 Å². The number of benzene rings is 3. The van der Waals surface area contributed by atoms with Gasteiger partial charge in [0.2, 0.25) is 5.91 Å². The average molecular weight is 486 g/mol. The molecule has 0 aromatic heterocycles. The van der Waals surface area contributed by atoms with Crippen LogP contribution in [0.1, 0.15) is 52.4 Å². The summed E-state index contributed by atoms with van der Waals surface area (Å²) >= 11 is 0. The molecule has 188 valence electrons. The molecule has 4 rings (SSSR count). The number of rotatable bonds is 9. The molecule has 0 fully saturated rings. The number of likely N-dealkylation sites (N-methyl/N-ethyl adjacent to an activating group) is 1. The van der Waals surface area contributed by atoms with Crippen LogP contribution in [-0.4, -0.2) is 50.5 Å². The van der Waals surface area contributed by atoms with Crippen molar-refractivity contribution in [2.24, 2.45) is 0 Å². The maximum absolute atomic E-state index is 13.7. The van der Waals surface area contributed by atoms with Crippen LogP contribution in [0.4, 0.5) is 5.69 Å². The largest absolute Gasteiger partial charge is 0.497 e. The van der Waals surface area contributed by atoms with Gasteiger partial charge in [0.15, 0.2) is 0 Å². The zero-order valence-electron chi connectivity index (χ0n) is 21.5. The second kappa shape index (κ2) is 11.3. The van der Waals surface area contributed by atoms with Crippen LogP contribution in [-0.2, 0) is 4.79 Å². The van der Waals surface area contributed by atoms with Crippen molar-refractivity contribution in [3.05, 3.63) is 95.1 Å². The van der Waals surface area contributed by atoms with Crippen LogP contribution < -0.4 is 15.0 Å². The van der Waals surface area contributed by atoms with E-state index in [1.807, 2.05) is 42.5 Å². The Labute approximate surface area is 213 Å². The molecule has 0 saturated carbocycles. The Kier molecular flexibility index (Phi) is 7.93. The molecule has 6 nitrogen and oxygen atoms in total. The van der Waals surface area contributed by atoms with Crippen LogP contribution in [0.15, 0.2) is 72.8 Å². The third-order valence-corrected chi connectivity index (χ3v) is 6.97. The first kappa shape index (κ1) is 25.3. The molecule has 1 aliphatic heterocycles. The van der Waals surface area contributed by atoms with Crippen molar-refractivity contribution in [2.75, 3.05) is 38.7 Å². The predicted octanol–water partition coefficient (Wildman–Crippen LogP) is 4.95. The molecule has 1 aliphatic rings. The SMILES string of the molecule is CCN(CCCNC(=O)[C@H]1c2ccccc2C(=O)N(C)[C@@H]1c1ccc(OC)cc1)c1cccc(C)c1. The minimum Gasteiger partial charge on any atom is -0.497 e. The van der Waals surface area contributed by atoms with E-state index in [1.54, 1.807) is 25.1 Å². The lowest BCUT2D eigenvalue weighted by Crippen LogP contribution is -2.46. The van der Waals surface area contributed by atoms with Gasteiger partial charge in [-0.05, 0) is 67.3 Å². The summed E-state index contributed by atoms with van der Waals surface area (Å²) in [4.78, 5) is 30.9. The van der Waals surface area contributed by atoms with E-state index >= 15 is 0 Å². The fraction of sp³-hybridized carbons (Fsp3) is 0.333. The van der Waals surface area contributed by atoms with Gasteiger partial charge in [-0.25, -0.2) is 0 Å². The van der Waals surface area contributed by atoms with Gasteiger partial charge in [0.05, 0.1) is 19.1 Å². The predicted molar refractivity (Wildman–Crippen MR) is 144 cm³/mol. The van der Waals surface area contributed by atoms with E-state index in [0.29, 0.717) is 12.1 Å². The van der Waals surface area contributed by atoms with E-state index < -0.39 is 12.0 Å². The number of aryl methyl sites for hydroxylation is 1. The van der Waals surface area contributed by atoms with Crippen molar-refractivity contribution in [3.63, 3.8) is 0 Å². The van der Waals surface area contributed by atoms with Crippen molar-refractivity contribution in [3.8, 4) is 5.75 Å². The zero-order chi connectivity index (χ0) is 25.7. The standard InChI is InChI=1S/C30H35N3O3/c1-5-33(23-11-8-10-21(2)20-23)19-9-18-31-29(34)27-25-12-6-7-13-26(25)30(35)32(3)28(27)22-14-16-24(36-4)17-15-22/h6-8,10-17,20,27-28H,5,9,18-19H2,1-4H3,(H,31,34)/t27-,28+/m0/s1. The van der Waals surface area contributed by atoms with Crippen molar-refractivity contribution < 1.29 is 14.3 Å². The second-order valence-electron chi connectivity index (χ2n) is 9.26. The molecule has 0 spiro atoms. The number of methoxy groups -OCH3 is 1. The number of ether oxygens (including phenoxy) is 1. The number of amides is 2. The molecule has 0 bridgehead atoms. The molecule has 1 heterocycles. The van der Waals surface area contributed by atoms with Gasteiger partial charge in [0, 0.05) is 37.9 Å². The molecule has 1 N–H and O–H groups in total. The average Bonchev–Trinajstić information content (AvgIpc) is 2.90. The third kappa shape index (κ3) is 5.23. The summed E-state index contributed by atoms with van der Waals surface area (Å²) in [5, 5.41) is 3.17. The monoisotopic (exact) mass is 485 g/mol. The number of hydrogen-bond donors (Lipinski definition) is 1. The lowest BCUT2D eigenvalue weighted by molar-refractivity contribution is -0.124. The smallest absolute Gasteiger partial charge is 0.254 e. The van der Waals surface area contributed by atoms with Gasteiger partial charge in [-0.1, -0.05) is 42.5 Å². The maximum atomic E-state index is 13.7. The van der Waals surface area contributed by atoms with Crippen LogP contribution in [0, 0.1) is 6.92 Å². The molecular formula is C30H35N3O3. The first-order valence-corrected chi connectivity index (χ1v) is 12.5. The van der Waals surface area contributed by atoms with Gasteiger partial charge >= 0.3 is 0 Å². The minimum absolute atomic E-state index is 0.0683. The summed E-state index contributed by atoms with van der Waals surface area (Å²) in [5.41, 5.74) is 4.69. The lowest BCUT2D eigenvalue weighted by atomic mass is 9.79. The summed E-state index contributed by atoms with van der Waals surface area (Å²) in [6, 6.07) is 23.1. The molecule has 0 saturated heterocycles. The summed E-state index contributed by atoms with van der Waals surface area (Å²) < 4.78 is 5.30. The first-order chi connectivity index (χ1) is 17.4. The molecule has 0 radical (unpaired) electrons. The van der Waals surface area contributed by atoms with Crippen LogP contribution in [0.2, 0.25) is 0 Å².